The van der Waals surface area contributed by atoms with Crippen LogP contribution >= 0.6 is 0 Å². The zero-order valence-corrected chi connectivity index (χ0v) is 18.1. The Morgan fingerprint density at radius 3 is 2.36 bits per heavy atom. The number of fused-ring (bicyclic) bond motifs is 2. The molecule has 0 aliphatic rings. The highest BCUT2D eigenvalue weighted by Crippen LogP contribution is 2.29. The highest BCUT2D eigenvalue weighted by Gasteiger charge is 2.29. The lowest BCUT2D eigenvalue weighted by atomic mass is 9.86. The molecule has 0 atom stereocenters. The van der Waals surface area contributed by atoms with E-state index in [1.54, 1.807) is 0 Å². The van der Waals surface area contributed by atoms with E-state index in [0.29, 0.717) is 0 Å². The minimum atomic E-state index is -0.0874. The SMILES string of the molecule is Cc1cn2c(-[n+]3cccc4c(C(C)(C)C)c(C)nn43)cnc(C(C)(C)C)c2n1. The van der Waals surface area contributed by atoms with Gasteiger partial charge < -0.3 is 0 Å². The van der Waals surface area contributed by atoms with Crippen LogP contribution in [0.1, 0.15) is 64.2 Å². The van der Waals surface area contributed by atoms with Crippen molar-refractivity contribution in [3.8, 4) is 5.82 Å². The fourth-order valence-corrected chi connectivity index (χ4v) is 4.00. The van der Waals surface area contributed by atoms with Crippen LogP contribution in [0.4, 0.5) is 0 Å². The van der Waals surface area contributed by atoms with Gasteiger partial charge in [0.15, 0.2) is 0 Å². The third kappa shape index (κ3) is 2.79. The van der Waals surface area contributed by atoms with Gasteiger partial charge in [0.25, 0.3) is 5.82 Å². The van der Waals surface area contributed by atoms with Crippen molar-refractivity contribution in [2.45, 2.75) is 66.2 Å². The maximum absolute atomic E-state index is 4.86. The van der Waals surface area contributed by atoms with Crippen LogP contribution in [0.25, 0.3) is 17.0 Å². The maximum atomic E-state index is 4.86. The van der Waals surface area contributed by atoms with E-state index in [1.807, 2.05) is 28.6 Å². The highest BCUT2D eigenvalue weighted by molar-refractivity contribution is 5.58. The molecule has 4 rings (SSSR count). The first kappa shape index (κ1) is 18.6. The van der Waals surface area contributed by atoms with Crippen LogP contribution in [0.2, 0.25) is 0 Å². The van der Waals surface area contributed by atoms with Crippen molar-refractivity contribution in [3.05, 3.63) is 53.4 Å². The topological polar surface area (TPSA) is 51.4 Å². The number of aryl methyl sites for hydroxylation is 2. The van der Waals surface area contributed by atoms with Gasteiger partial charge in [-0.05, 0) is 36.5 Å². The molecule has 4 heterocycles. The van der Waals surface area contributed by atoms with Crippen LogP contribution in [0, 0.1) is 13.8 Å². The lowest BCUT2D eigenvalue weighted by molar-refractivity contribution is -0.681. The maximum Gasteiger partial charge on any atom is 0.275 e. The van der Waals surface area contributed by atoms with Gasteiger partial charge in [-0.2, -0.15) is 0 Å². The van der Waals surface area contributed by atoms with Crippen molar-refractivity contribution in [1.82, 2.24) is 24.1 Å². The zero-order valence-electron chi connectivity index (χ0n) is 18.1. The molecule has 6 heteroatoms. The van der Waals surface area contributed by atoms with Crippen LogP contribution in [0.5, 0.6) is 0 Å². The van der Waals surface area contributed by atoms with Crippen LogP contribution in [0.3, 0.4) is 0 Å². The molecule has 0 N–H and O–H groups in total. The third-order valence-electron chi connectivity index (χ3n) is 5.05. The number of rotatable bonds is 1. The zero-order chi connectivity index (χ0) is 20.4. The van der Waals surface area contributed by atoms with Crippen molar-refractivity contribution in [3.63, 3.8) is 0 Å². The molecule has 0 aliphatic carbocycles. The molecule has 4 aromatic rings. The van der Waals surface area contributed by atoms with Gasteiger partial charge in [-0.3, -0.25) is 0 Å². The molecular formula is C22H29N6+. The molecule has 6 nitrogen and oxygen atoms in total. The average Bonchev–Trinajstić information content (AvgIpc) is 3.10. The quantitative estimate of drug-likeness (QED) is 0.473. The van der Waals surface area contributed by atoms with Crippen molar-refractivity contribution < 1.29 is 4.68 Å². The summed E-state index contributed by atoms with van der Waals surface area (Å²) in [7, 11) is 0. The Bertz CT molecular complexity index is 1190. The predicted octanol–water partition coefficient (Wildman–Crippen LogP) is 3.87. The predicted molar refractivity (Wildman–Crippen MR) is 110 cm³/mol. The van der Waals surface area contributed by atoms with E-state index in [1.165, 1.54) is 5.56 Å². The van der Waals surface area contributed by atoms with Crippen molar-refractivity contribution in [2.75, 3.05) is 0 Å². The molecule has 0 aliphatic heterocycles. The molecule has 28 heavy (non-hydrogen) atoms. The molecule has 0 bridgehead atoms. The fraction of sp³-hybridized carbons (Fsp3) is 0.455. The second-order valence-electron chi connectivity index (χ2n) is 9.63. The van der Waals surface area contributed by atoms with Gasteiger partial charge in [0.05, 0.1) is 18.1 Å². The van der Waals surface area contributed by atoms with Gasteiger partial charge in [-0.25, -0.2) is 14.4 Å². The lowest BCUT2D eigenvalue weighted by Gasteiger charge is -2.18. The van der Waals surface area contributed by atoms with Gasteiger partial charge in [-0.1, -0.05) is 46.2 Å². The number of hydrogen-bond donors (Lipinski definition) is 0. The van der Waals surface area contributed by atoms with Crippen LogP contribution in [0.15, 0.2) is 30.7 Å². The first-order valence-corrected chi connectivity index (χ1v) is 9.75. The lowest BCUT2D eigenvalue weighted by Crippen LogP contribution is -2.42. The van der Waals surface area contributed by atoms with E-state index >= 15 is 0 Å². The summed E-state index contributed by atoms with van der Waals surface area (Å²) in [4.78, 5) is 9.57. The van der Waals surface area contributed by atoms with Crippen LogP contribution in [-0.2, 0) is 10.8 Å². The first-order chi connectivity index (χ1) is 13.0. The Kier molecular flexibility index (Phi) is 3.90. The number of imidazole rings is 1. The Balaban J connectivity index is 2.06. The molecule has 0 fully saturated rings. The molecule has 146 valence electrons. The normalized spacial score (nSPS) is 13.0. The Morgan fingerprint density at radius 2 is 1.71 bits per heavy atom. The summed E-state index contributed by atoms with van der Waals surface area (Å²) in [5.74, 6) is 0.914. The smallest absolute Gasteiger partial charge is 0.248 e. The van der Waals surface area contributed by atoms with Gasteiger partial charge in [0.1, 0.15) is 23.1 Å². The summed E-state index contributed by atoms with van der Waals surface area (Å²) in [6.07, 6.45) is 6.00. The van der Waals surface area contributed by atoms with Gasteiger partial charge in [0, 0.05) is 11.0 Å². The van der Waals surface area contributed by atoms with Gasteiger partial charge in [-0.15, -0.1) is 4.68 Å². The monoisotopic (exact) mass is 377 g/mol. The van der Waals surface area contributed by atoms with Crippen LogP contribution in [-0.4, -0.2) is 24.1 Å². The molecule has 0 saturated carbocycles. The van der Waals surface area contributed by atoms with Crippen molar-refractivity contribution in [2.24, 2.45) is 0 Å². The summed E-state index contributed by atoms with van der Waals surface area (Å²) in [6.45, 7) is 17.3. The summed E-state index contributed by atoms with van der Waals surface area (Å²) in [6, 6.07) is 4.20. The third-order valence-corrected chi connectivity index (χ3v) is 5.05. The number of aromatic nitrogens is 6. The fourth-order valence-electron chi connectivity index (χ4n) is 4.00. The second kappa shape index (κ2) is 5.87. The summed E-state index contributed by atoms with van der Waals surface area (Å²) in [5, 5.41) is 4.86. The second-order valence-corrected chi connectivity index (χ2v) is 9.63. The van der Waals surface area contributed by atoms with Crippen molar-refractivity contribution in [1.29, 1.82) is 0 Å². The van der Waals surface area contributed by atoms with Crippen LogP contribution < -0.4 is 4.68 Å². The van der Waals surface area contributed by atoms with E-state index in [4.69, 9.17) is 15.1 Å². The molecular weight excluding hydrogens is 348 g/mol. The van der Waals surface area contributed by atoms with E-state index < -0.39 is 0 Å². The number of hydrogen-bond acceptors (Lipinski definition) is 3. The largest absolute Gasteiger partial charge is 0.275 e. The summed E-state index contributed by atoms with van der Waals surface area (Å²) < 4.78 is 6.14. The molecule has 0 spiro atoms. The Hall–Kier alpha value is -2.76. The van der Waals surface area contributed by atoms with Crippen molar-refractivity contribution >= 4 is 11.2 Å². The van der Waals surface area contributed by atoms with Gasteiger partial charge in [0.2, 0.25) is 5.65 Å². The first-order valence-electron chi connectivity index (χ1n) is 9.75. The summed E-state index contributed by atoms with van der Waals surface area (Å²) in [5.41, 5.74) is 6.20. The molecule has 0 amide bonds. The highest BCUT2D eigenvalue weighted by atomic mass is 15.5. The summed E-state index contributed by atoms with van der Waals surface area (Å²) >= 11 is 0. The van der Waals surface area contributed by atoms with E-state index in [0.717, 1.165) is 34.1 Å². The average molecular weight is 378 g/mol. The number of nitrogens with zero attached hydrogens (tertiary/aromatic N) is 6. The van der Waals surface area contributed by atoms with Gasteiger partial charge >= 0.3 is 0 Å². The van der Waals surface area contributed by atoms with E-state index in [9.17, 15) is 0 Å². The standard InChI is InChI=1S/C22H29N6/c1-14-13-26-17(12-23-19(20(26)24-14)22(6,7)8)27-11-9-10-16-18(21(3,4)5)15(2)25-28(16)27/h9-13H,1-8H3/q+1. The molecule has 0 unspecified atom stereocenters. The molecule has 4 aromatic heterocycles. The molecule has 0 saturated heterocycles. The Labute approximate surface area is 165 Å². The minimum Gasteiger partial charge on any atom is -0.248 e. The molecule has 0 aromatic carbocycles. The van der Waals surface area contributed by atoms with E-state index in [-0.39, 0.29) is 10.8 Å². The minimum absolute atomic E-state index is 0.0142. The van der Waals surface area contributed by atoms with E-state index in [2.05, 4.69) is 71.2 Å². The Morgan fingerprint density at radius 1 is 1.00 bits per heavy atom. The molecule has 0 radical (unpaired) electrons.